The predicted molar refractivity (Wildman–Crippen MR) is 99.8 cm³/mol. The molecule has 3 aliphatic heterocycles. The predicted octanol–water partition coefficient (Wildman–Crippen LogP) is 3.40. The molecule has 0 saturated carbocycles. The minimum atomic E-state index is -0.927. The van der Waals surface area contributed by atoms with E-state index in [2.05, 4.69) is 0 Å². The second-order valence-electron chi connectivity index (χ2n) is 8.43. The van der Waals surface area contributed by atoms with E-state index in [-0.39, 0.29) is 18.9 Å². The fourth-order valence-electron chi connectivity index (χ4n) is 3.41. The molecule has 7 heteroatoms. The third-order valence-corrected chi connectivity index (χ3v) is 4.91. The molecule has 0 aliphatic carbocycles. The van der Waals surface area contributed by atoms with Crippen LogP contribution in [0.3, 0.4) is 0 Å². The van der Waals surface area contributed by atoms with Crippen molar-refractivity contribution in [2.45, 2.75) is 96.6 Å². The molecular formula is C20H32N2O5. The minimum Gasteiger partial charge on any atom is -0.443 e. The van der Waals surface area contributed by atoms with Crippen molar-refractivity contribution in [3.05, 3.63) is 0 Å². The summed E-state index contributed by atoms with van der Waals surface area (Å²) in [5.41, 5.74) is -0.769. The van der Waals surface area contributed by atoms with Gasteiger partial charge >= 0.3 is 6.09 Å². The molecule has 3 aliphatic rings. The highest BCUT2D eigenvalue weighted by Crippen LogP contribution is 2.24. The fourth-order valence-corrected chi connectivity index (χ4v) is 3.41. The quantitative estimate of drug-likeness (QED) is 0.475. The van der Waals surface area contributed by atoms with Crippen molar-refractivity contribution in [3.8, 4) is 0 Å². The summed E-state index contributed by atoms with van der Waals surface area (Å²) < 4.78 is 5.33. The second-order valence-corrected chi connectivity index (χ2v) is 8.43. The van der Waals surface area contributed by atoms with E-state index in [9.17, 15) is 19.2 Å². The van der Waals surface area contributed by atoms with E-state index in [1.807, 2.05) is 0 Å². The maximum Gasteiger partial charge on any atom is 0.417 e. The molecule has 3 heterocycles. The van der Waals surface area contributed by atoms with Crippen LogP contribution in [-0.2, 0) is 19.1 Å². The van der Waals surface area contributed by atoms with Crippen LogP contribution in [0.25, 0.3) is 0 Å². The monoisotopic (exact) mass is 380 g/mol. The number of β-lactam (4-membered cyclic amide) rings is 1. The van der Waals surface area contributed by atoms with E-state index in [1.165, 1.54) is 0 Å². The highest BCUT2D eigenvalue weighted by molar-refractivity contribution is 6.07. The summed E-state index contributed by atoms with van der Waals surface area (Å²) >= 11 is 0. The maximum absolute atomic E-state index is 12.7. The Morgan fingerprint density at radius 1 is 0.852 bits per heavy atom. The van der Waals surface area contributed by atoms with Crippen molar-refractivity contribution in [1.82, 2.24) is 9.80 Å². The van der Waals surface area contributed by atoms with E-state index in [0.717, 1.165) is 54.7 Å². The first-order valence-electron chi connectivity index (χ1n) is 10.1. The van der Waals surface area contributed by atoms with Crippen molar-refractivity contribution in [2.24, 2.45) is 0 Å². The van der Waals surface area contributed by atoms with Gasteiger partial charge in [0.1, 0.15) is 11.6 Å². The van der Waals surface area contributed by atoms with Crippen LogP contribution < -0.4 is 0 Å². The van der Waals surface area contributed by atoms with Crippen LogP contribution >= 0.6 is 0 Å². The number of rotatable bonds is 0. The Bertz CT molecular complexity index is 581. The van der Waals surface area contributed by atoms with Gasteiger partial charge in [-0.05, 0) is 33.6 Å². The number of fused-ring (bicyclic) bond motifs is 12. The van der Waals surface area contributed by atoms with E-state index >= 15 is 0 Å². The van der Waals surface area contributed by atoms with Crippen LogP contribution in [0, 0.1) is 0 Å². The molecule has 0 unspecified atom stereocenters. The lowest BCUT2D eigenvalue weighted by molar-refractivity contribution is -0.164. The molecular weight excluding hydrogens is 348 g/mol. The molecule has 2 bridgehead atoms. The molecule has 0 N–H and O–H groups in total. The summed E-state index contributed by atoms with van der Waals surface area (Å²) in [6.45, 7) is 5.21. The first kappa shape index (κ1) is 21.4. The SMILES string of the molecule is CC(C)(C)OC(=O)N1C(=O)CCCCCCCCCCC(=O)N2C[C@H]1C2=O. The topological polar surface area (TPSA) is 84.0 Å². The number of carbonyl (C=O) groups is 4. The molecule has 0 aromatic heterocycles. The van der Waals surface area contributed by atoms with Crippen molar-refractivity contribution in [1.29, 1.82) is 0 Å². The van der Waals surface area contributed by atoms with Crippen molar-refractivity contribution in [3.63, 3.8) is 0 Å². The zero-order chi connectivity index (χ0) is 20.0. The molecule has 152 valence electrons. The summed E-state index contributed by atoms with van der Waals surface area (Å²) in [6.07, 6.45) is 7.47. The second kappa shape index (κ2) is 9.33. The zero-order valence-corrected chi connectivity index (χ0v) is 16.8. The van der Waals surface area contributed by atoms with Crippen LogP contribution in [0.15, 0.2) is 0 Å². The van der Waals surface area contributed by atoms with Gasteiger partial charge in [0.15, 0.2) is 0 Å². The highest BCUT2D eigenvalue weighted by Gasteiger charge is 2.48. The molecule has 3 rings (SSSR count). The van der Waals surface area contributed by atoms with Gasteiger partial charge in [0, 0.05) is 12.8 Å². The van der Waals surface area contributed by atoms with Gasteiger partial charge < -0.3 is 4.74 Å². The number of imide groups is 2. The summed E-state index contributed by atoms with van der Waals surface area (Å²) in [4.78, 5) is 52.0. The summed E-state index contributed by atoms with van der Waals surface area (Å²) in [5, 5.41) is 0. The standard InChI is InChI=1S/C20H32N2O5/c1-20(2,3)27-19(26)22-15-14-21(18(15)25)16(23)12-10-8-6-4-5-7-9-11-13-17(22)24/h15H,4-14H2,1-3H3/t15-/m0/s1. The van der Waals surface area contributed by atoms with Gasteiger partial charge in [-0.1, -0.05) is 38.5 Å². The number of hydrogen-bond acceptors (Lipinski definition) is 5. The first-order chi connectivity index (χ1) is 12.7. The summed E-state index contributed by atoms with van der Waals surface area (Å²) in [6, 6.07) is -0.927. The van der Waals surface area contributed by atoms with E-state index in [0.29, 0.717) is 12.8 Å². The average Bonchev–Trinajstić information content (AvgIpc) is 2.56. The Balaban J connectivity index is 2.12. The molecule has 1 atom stereocenters. The number of amides is 4. The van der Waals surface area contributed by atoms with Crippen LogP contribution in [-0.4, -0.2) is 51.8 Å². The Morgan fingerprint density at radius 3 is 1.81 bits per heavy atom. The number of nitrogens with zero attached hydrogens (tertiary/aromatic N) is 2. The number of carbonyl (C=O) groups excluding carboxylic acids is 4. The average molecular weight is 380 g/mol. The lowest BCUT2D eigenvalue weighted by atomic mass is 10.0. The molecule has 3 saturated heterocycles. The van der Waals surface area contributed by atoms with Gasteiger partial charge in [-0.3, -0.25) is 19.3 Å². The van der Waals surface area contributed by atoms with Gasteiger partial charge in [-0.2, -0.15) is 0 Å². The first-order valence-corrected chi connectivity index (χ1v) is 10.1. The number of hydrogen-bond donors (Lipinski definition) is 0. The number of ether oxygens (including phenoxy) is 1. The largest absolute Gasteiger partial charge is 0.443 e. The third kappa shape index (κ3) is 6.04. The normalized spacial score (nSPS) is 23.8. The Hall–Kier alpha value is -1.92. The van der Waals surface area contributed by atoms with Crippen molar-refractivity contribution >= 4 is 23.8 Å². The molecule has 3 fully saturated rings. The van der Waals surface area contributed by atoms with Gasteiger partial charge in [0.05, 0.1) is 6.54 Å². The molecule has 0 aromatic carbocycles. The van der Waals surface area contributed by atoms with Gasteiger partial charge in [0.2, 0.25) is 11.8 Å². The Morgan fingerprint density at radius 2 is 1.33 bits per heavy atom. The molecule has 4 amide bonds. The van der Waals surface area contributed by atoms with Gasteiger partial charge in [0.25, 0.3) is 5.91 Å². The van der Waals surface area contributed by atoms with Gasteiger partial charge in [-0.25, -0.2) is 9.69 Å². The van der Waals surface area contributed by atoms with Crippen LogP contribution in [0.1, 0.15) is 85.0 Å². The van der Waals surface area contributed by atoms with E-state index in [4.69, 9.17) is 4.74 Å². The fraction of sp³-hybridized carbons (Fsp3) is 0.800. The van der Waals surface area contributed by atoms with Crippen molar-refractivity contribution < 1.29 is 23.9 Å². The minimum absolute atomic E-state index is 0.0721. The molecule has 0 radical (unpaired) electrons. The zero-order valence-electron chi connectivity index (χ0n) is 16.8. The molecule has 27 heavy (non-hydrogen) atoms. The van der Waals surface area contributed by atoms with E-state index in [1.54, 1.807) is 20.8 Å². The maximum atomic E-state index is 12.7. The molecule has 0 aromatic rings. The van der Waals surface area contributed by atoms with E-state index < -0.39 is 29.6 Å². The summed E-state index contributed by atoms with van der Waals surface area (Å²) in [7, 11) is 0. The summed E-state index contributed by atoms with van der Waals surface area (Å²) in [5.74, 6) is -1.10. The van der Waals surface area contributed by atoms with Crippen molar-refractivity contribution in [2.75, 3.05) is 6.54 Å². The highest BCUT2D eigenvalue weighted by atomic mass is 16.6. The van der Waals surface area contributed by atoms with Crippen LogP contribution in [0.4, 0.5) is 4.79 Å². The van der Waals surface area contributed by atoms with Crippen LogP contribution in [0.2, 0.25) is 0 Å². The molecule has 7 nitrogen and oxygen atoms in total. The van der Waals surface area contributed by atoms with Gasteiger partial charge in [-0.15, -0.1) is 0 Å². The smallest absolute Gasteiger partial charge is 0.417 e. The van der Waals surface area contributed by atoms with Crippen LogP contribution in [0.5, 0.6) is 0 Å². The Kier molecular flexibility index (Phi) is 7.39. The third-order valence-electron chi connectivity index (χ3n) is 4.91. The lowest BCUT2D eigenvalue weighted by Gasteiger charge is -2.42. The Labute approximate surface area is 161 Å². The molecule has 0 spiro atoms. The lowest BCUT2D eigenvalue weighted by Crippen LogP contribution is -2.67.